The maximum Gasteiger partial charge on any atom is 0.169 e. The number of hydrogen-bond donors (Lipinski definition) is 1. The molecule has 0 aliphatic carbocycles. The number of hydrogen-bond acceptors (Lipinski definition) is 4. The molecule has 3 rings (SSSR count). The summed E-state index contributed by atoms with van der Waals surface area (Å²) in [5.74, 6) is 0.993. The number of likely N-dealkylation sites (tertiary alicyclic amines) is 1. The van der Waals surface area contributed by atoms with Crippen molar-refractivity contribution in [3.63, 3.8) is 0 Å². The Labute approximate surface area is 121 Å². The van der Waals surface area contributed by atoms with Crippen molar-refractivity contribution in [2.45, 2.75) is 43.9 Å². The lowest BCUT2D eigenvalue weighted by Gasteiger charge is -2.45. The molecule has 0 aromatic carbocycles. The molecule has 1 aromatic rings. The first-order valence-corrected chi connectivity index (χ1v) is 7.73. The number of aliphatic hydroxyl groups excluding tert-OH is 1. The Morgan fingerprint density at radius 2 is 2.16 bits per heavy atom. The summed E-state index contributed by atoms with van der Waals surface area (Å²) in [7, 11) is 0. The van der Waals surface area contributed by atoms with Crippen LogP contribution >= 0.6 is 15.9 Å². The maximum absolute atomic E-state index is 9.82. The molecule has 5 heteroatoms. The molecule has 2 saturated heterocycles. The molecule has 2 fully saturated rings. The third-order valence-corrected chi connectivity index (χ3v) is 4.67. The molecule has 3 heterocycles. The summed E-state index contributed by atoms with van der Waals surface area (Å²) < 4.78 is 12.3. The summed E-state index contributed by atoms with van der Waals surface area (Å²) in [5.41, 5.74) is -0.0715. The number of piperidine rings is 1. The molecule has 0 amide bonds. The summed E-state index contributed by atoms with van der Waals surface area (Å²) in [6, 6.07) is 3.94. The van der Waals surface area contributed by atoms with Gasteiger partial charge in [-0.25, -0.2) is 0 Å². The molecule has 2 aliphatic heterocycles. The Kier molecular flexibility index (Phi) is 3.98. The average molecular weight is 330 g/mol. The minimum atomic E-state index is -0.179. The minimum Gasteiger partial charge on any atom is -0.453 e. The molecule has 1 atom stereocenters. The van der Waals surface area contributed by atoms with E-state index in [0.717, 1.165) is 55.7 Å². The molecule has 0 saturated carbocycles. The molecule has 19 heavy (non-hydrogen) atoms. The second-order valence-corrected chi connectivity index (χ2v) is 6.44. The number of ether oxygens (including phenoxy) is 1. The fourth-order valence-corrected chi connectivity index (χ4v) is 3.47. The van der Waals surface area contributed by atoms with Crippen molar-refractivity contribution < 1.29 is 14.3 Å². The summed E-state index contributed by atoms with van der Waals surface area (Å²) >= 11 is 3.33. The van der Waals surface area contributed by atoms with E-state index >= 15 is 0 Å². The molecule has 2 aliphatic rings. The van der Waals surface area contributed by atoms with Gasteiger partial charge in [0.2, 0.25) is 0 Å². The predicted octanol–water partition coefficient (Wildman–Crippen LogP) is 2.55. The molecule has 0 bridgehead atoms. The Hall–Kier alpha value is -0.360. The van der Waals surface area contributed by atoms with Crippen molar-refractivity contribution in [2.75, 3.05) is 19.7 Å². The van der Waals surface area contributed by atoms with Gasteiger partial charge in [-0.05, 0) is 47.3 Å². The second kappa shape index (κ2) is 5.56. The summed E-state index contributed by atoms with van der Waals surface area (Å²) in [6.07, 6.45) is 3.41. The molecule has 0 radical (unpaired) electrons. The van der Waals surface area contributed by atoms with Crippen molar-refractivity contribution in [1.29, 1.82) is 0 Å². The first-order chi connectivity index (χ1) is 9.15. The van der Waals surface area contributed by atoms with Gasteiger partial charge in [0.15, 0.2) is 4.67 Å². The van der Waals surface area contributed by atoms with Crippen LogP contribution in [0.15, 0.2) is 21.2 Å². The Bertz CT molecular complexity index is 426. The van der Waals surface area contributed by atoms with E-state index in [1.807, 2.05) is 12.1 Å². The first kappa shape index (κ1) is 13.6. The summed E-state index contributed by atoms with van der Waals surface area (Å²) in [4.78, 5) is 2.39. The van der Waals surface area contributed by atoms with Crippen LogP contribution in [0.25, 0.3) is 0 Å². The lowest BCUT2D eigenvalue weighted by atomic mass is 9.83. The SMILES string of the molecule is OC1CCOC2(CCN(Cc3ccc(Br)o3)CC2)C1. The highest BCUT2D eigenvalue weighted by Crippen LogP contribution is 2.35. The highest BCUT2D eigenvalue weighted by Gasteiger charge is 2.39. The van der Waals surface area contributed by atoms with Crippen molar-refractivity contribution >= 4 is 15.9 Å². The van der Waals surface area contributed by atoms with Crippen molar-refractivity contribution in [1.82, 2.24) is 4.90 Å². The van der Waals surface area contributed by atoms with E-state index in [2.05, 4.69) is 20.8 Å². The van der Waals surface area contributed by atoms with E-state index in [-0.39, 0.29) is 11.7 Å². The topological polar surface area (TPSA) is 45.8 Å². The van der Waals surface area contributed by atoms with E-state index in [4.69, 9.17) is 9.15 Å². The number of nitrogens with zero attached hydrogens (tertiary/aromatic N) is 1. The lowest BCUT2D eigenvalue weighted by Crippen LogP contribution is -2.50. The summed E-state index contributed by atoms with van der Waals surface area (Å²) in [5, 5.41) is 9.82. The van der Waals surface area contributed by atoms with Crippen LogP contribution in [0.4, 0.5) is 0 Å². The van der Waals surface area contributed by atoms with E-state index in [0.29, 0.717) is 6.61 Å². The van der Waals surface area contributed by atoms with Gasteiger partial charge in [0.25, 0.3) is 0 Å². The molecule has 106 valence electrons. The number of halogens is 1. The zero-order chi connectivity index (χ0) is 13.3. The molecule has 1 spiro atoms. The monoisotopic (exact) mass is 329 g/mol. The molecule has 4 nitrogen and oxygen atoms in total. The standard InChI is InChI=1S/C14H20BrNO3/c15-13-2-1-12(19-13)10-16-6-4-14(5-7-16)9-11(17)3-8-18-14/h1-2,11,17H,3-10H2. The van der Waals surface area contributed by atoms with E-state index in [1.54, 1.807) is 0 Å². The number of furan rings is 1. The van der Waals surface area contributed by atoms with Gasteiger partial charge in [0.1, 0.15) is 5.76 Å². The predicted molar refractivity (Wildman–Crippen MR) is 74.8 cm³/mol. The quantitative estimate of drug-likeness (QED) is 0.905. The largest absolute Gasteiger partial charge is 0.453 e. The second-order valence-electron chi connectivity index (χ2n) is 5.66. The van der Waals surface area contributed by atoms with Crippen molar-refractivity contribution in [3.05, 3.63) is 22.6 Å². The first-order valence-electron chi connectivity index (χ1n) is 6.94. The van der Waals surface area contributed by atoms with Gasteiger partial charge in [0.05, 0.1) is 18.2 Å². The van der Waals surface area contributed by atoms with Gasteiger partial charge < -0.3 is 14.3 Å². The highest BCUT2D eigenvalue weighted by atomic mass is 79.9. The average Bonchev–Trinajstić information content (AvgIpc) is 2.78. The molecular weight excluding hydrogens is 310 g/mol. The van der Waals surface area contributed by atoms with E-state index in [9.17, 15) is 5.11 Å². The van der Waals surface area contributed by atoms with Gasteiger partial charge in [-0.2, -0.15) is 0 Å². The molecular formula is C14H20BrNO3. The van der Waals surface area contributed by atoms with Crippen LogP contribution in [0, 0.1) is 0 Å². The third kappa shape index (κ3) is 3.21. The lowest BCUT2D eigenvalue weighted by molar-refractivity contribution is -0.143. The fourth-order valence-electron chi connectivity index (χ4n) is 3.13. The normalized spacial score (nSPS) is 27.8. The van der Waals surface area contributed by atoms with Gasteiger partial charge in [-0.3, -0.25) is 4.90 Å². The highest BCUT2D eigenvalue weighted by molar-refractivity contribution is 9.10. The van der Waals surface area contributed by atoms with Crippen LogP contribution in [0.5, 0.6) is 0 Å². The van der Waals surface area contributed by atoms with Crippen LogP contribution in [0.3, 0.4) is 0 Å². The zero-order valence-electron chi connectivity index (χ0n) is 11.0. The Balaban J connectivity index is 1.54. The summed E-state index contributed by atoms with van der Waals surface area (Å²) in [6.45, 7) is 3.56. The van der Waals surface area contributed by atoms with Crippen molar-refractivity contribution in [3.8, 4) is 0 Å². The number of rotatable bonds is 2. The van der Waals surface area contributed by atoms with Gasteiger partial charge >= 0.3 is 0 Å². The zero-order valence-corrected chi connectivity index (χ0v) is 12.6. The van der Waals surface area contributed by atoms with E-state index in [1.165, 1.54) is 0 Å². The smallest absolute Gasteiger partial charge is 0.169 e. The van der Waals surface area contributed by atoms with Gasteiger partial charge in [-0.15, -0.1) is 0 Å². The van der Waals surface area contributed by atoms with Crippen LogP contribution in [0.2, 0.25) is 0 Å². The van der Waals surface area contributed by atoms with Crippen LogP contribution in [0.1, 0.15) is 31.4 Å². The molecule has 1 aromatic heterocycles. The minimum absolute atomic E-state index is 0.0715. The van der Waals surface area contributed by atoms with Crippen LogP contribution in [-0.4, -0.2) is 41.4 Å². The van der Waals surface area contributed by atoms with Crippen molar-refractivity contribution in [2.24, 2.45) is 0 Å². The Morgan fingerprint density at radius 1 is 1.37 bits per heavy atom. The van der Waals surface area contributed by atoms with Crippen LogP contribution in [-0.2, 0) is 11.3 Å². The molecule has 1 N–H and O–H groups in total. The third-order valence-electron chi connectivity index (χ3n) is 4.24. The maximum atomic E-state index is 9.82. The van der Waals surface area contributed by atoms with E-state index < -0.39 is 0 Å². The molecule has 1 unspecified atom stereocenters. The number of aliphatic hydroxyl groups is 1. The fraction of sp³-hybridized carbons (Fsp3) is 0.714. The van der Waals surface area contributed by atoms with Crippen LogP contribution < -0.4 is 0 Å². The van der Waals surface area contributed by atoms with Gasteiger partial charge in [-0.1, -0.05) is 0 Å². The van der Waals surface area contributed by atoms with Gasteiger partial charge in [0, 0.05) is 26.1 Å². The Morgan fingerprint density at radius 3 is 2.79 bits per heavy atom.